The number of ether oxygens (including phenoxy) is 1. The van der Waals surface area contributed by atoms with Crippen molar-refractivity contribution >= 4 is 11.6 Å². The lowest BCUT2D eigenvalue weighted by atomic mass is 9.64. The highest BCUT2D eigenvalue weighted by molar-refractivity contribution is 5.89. The van der Waals surface area contributed by atoms with Crippen LogP contribution >= 0.6 is 0 Å². The van der Waals surface area contributed by atoms with Crippen molar-refractivity contribution in [2.45, 2.75) is 121 Å². The first-order chi connectivity index (χ1) is 19.1. The number of aromatic hydroxyl groups is 1. The summed E-state index contributed by atoms with van der Waals surface area (Å²) in [5.74, 6) is 7.51. The Morgan fingerprint density at radius 2 is 1.73 bits per heavy atom. The molecule has 0 amide bonds. The monoisotopic (exact) mass is 554 g/mol. The van der Waals surface area contributed by atoms with E-state index in [-0.39, 0.29) is 24.4 Å². The molecule has 4 N–H and O–H groups in total. The summed E-state index contributed by atoms with van der Waals surface area (Å²) in [5.41, 5.74) is 0.372. The Balaban J connectivity index is 1.47. The third-order valence-electron chi connectivity index (χ3n) is 9.65. The van der Waals surface area contributed by atoms with Gasteiger partial charge in [0.25, 0.3) is 0 Å². The van der Waals surface area contributed by atoms with Gasteiger partial charge in [-0.3, -0.25) is 9.59 Å². The summed E-state index contributed by atoms with van der Waals surface area (Å²) < 4.78 is 5.30. The van der Waals surface area contributed by atoms with Gasteiger partial charge in [0, 0.05) is 25.2 Å². The van der Waals surface area contributed by atoms with E-state index >= 15 is 0 Å². The number of unbranched alkanes of at least 4 members (excludes halogenated alkanes) is 1. The van der Waals surface area contributed by atoms with Crippen molar-refractivity contribution in [3.63, 3.8) is 0 Å². The van der Waals surface area contributed by atoms with Crippen LogP contribution in [0.25, 0.3) is 0 Å². The zero-order valence-electron chi connectivity index (χ0n) is 24.0. The fraction of sp³-hybridized carbons (Fsp3) is 0.697. The first kappa shape index (κ1) is 30.6. The number of Topliss-reactive ketones (excluding diaryl/α,β-unsaturated/α-hetero) is 2. The van der Waals surface area contributed by atoms with Gasteiger partial charge in [-0.2, -0.15) is 0 Å². The molecule has 220 valence electrons. The molecule has 0 saturated heterocycles. The maximum atomic E-state index is 13.7. The van der Waals surface area contributed by atoms with E-state index < -0.39 is 29.6 Å². The zero-order valence-corrected chi connectivity index (χ0v) is 24.0. The van der Waals surface area contributed by atoms with E-state index in [2.05, 4.69) is 11.8 Å². The van der Waals surface area contributed by atoms with Crippen LogP contribution in [0.4, 0.5) is 0 Å². The van der Waals surface area contributed by atoms with E-state index in [1.54, 1.807) is 12.1 Å². The quantitative estimate of drug-likeness (QED) is 0.260. The minimum absolute atomic E-state index is 0.0441. The molecule has 7 nitrogen and oxygen atoms in total. The van der Waals surface area contributed by atoms with Gasteiger partial charge in [0.1, 0.15) is 11.2 Å². The lowest BCUT2D eigenvalue weighted by Gasteiger charge is -2.40. The minimum atomic E-state index is -1.15. The number of hydrogen-bond acceptors (Lipinski definition) is 7. The van der Waals surface area contributed by atoms with Crippen molar-refractivity contribution in [3.05, 3.63) is 23.3 Å². The van der Waals surface area contributed by atoms with E-state index in [0.29, 0.717) is 48.2 Å². The Hall–Kier alpha value is -2.40. The second-order valence-electron chi connectivity index (χ2n) is 12.4. The van der Waals surface area contributed by atoms with Gasteiger partial charge in [0.15, 0.2) is 17.3 Å². The van der Waals surface area contributed by atoms with Crippen LogP contribution in [-0.4, -0.2) is 57.4 Å². The topological polar surface area (TPSA) is 124 Å². The first-order valence-electron chi connectivity index (χ1n) is 15.1. The molecule has 7 heteroatoms. The molecule has 2 fully saturated rings. The Morgan fingerprint density at radius 1 is 1.02 bits per heavy atom. The number of carbonyl (C=O) groups is 2. The fourth-order valence-electron chi connectivity index (χ4n) is 6.91. The molecule has 3 aliphatic carbocycles. The van der Waals surface area contributed by atoms with E-state index in [1.807, 2.05) is 0 Å². The molecule has 1 spiro atoms. The van der Waals surface area contributed by atoms with E-state index in [4.69, 9.17) is 4.74 Å². The molecular formula is C33H46O7. The molecule has 0 aromatic heterocycles. The molecule has 0 unspecified atom stereocenters. The minimum Gasteiger partial charge on any atom is -0.504 e. The third kappa shape index (κ3) is 7.08. The van der Waals surface area contributed by atoms with Crippen LogP contribution in [0.3, 0.4) is 0 Å². The second kappa shape index (κ2) is 13.5. The average Bonchev–Trinajstić information content (AvgIpc) is 2.98. The van der Waals surface area contributed by atoms with Gasteiger partial charge in [0.2, 0.25) is 0 Å². The number of ketones is 2. The average molecular weight is 555 g/mol. The van der Waals surface area contributed by atoms with Gasteiger partial charge in [-0.1, -0.05) is 37.5 Å². The SMILES string of the molecule is COc1cc2c(cc1O)[C@H](C[C@H](O)[C@H](C)O)C#C[C@]1(CC[C@H](CCCCC3CCC(=O)CC3)C[C@H]1O)C(=O)CC2. The van der Waals surface area contributed by atoms with Gasteiger partial charge in [-0.25, -0.2) is 0 Å². The Labute approximate surface area is 238 Å². The number of aryl methyl sites for hydroxylation is 1. The standard InChI is InChI=1S/C33H46O7/c1-21(34)28(36)18-25-14-16-33(31(38)12-9-24-19-30(40-2)29(37)20-27(24)25)15-13-23(17-32(33)39)6-4-3-5-22-7-10-26(35)11-8-22/h19-23,25,28,32,34,36-37,39H,3-13,15,17-18H2,1-2H3/t21-,23-,25-,28-,32+,33+/m0/s1. The number of aliphatic hydroxyl groups is 3. The van der Waals surface area contributed by atoms with Crippen LogP contribution in [0.2, 0.25) is 0 Å². The summed E-state index contributed by atoms with van der Waals surface area (Å²) in [6, 6.07) is 3.31. The molecule has 0 radical (unpaired) electrons. The molecule has 0 bridgehead atoms. The second-order valence-corrected chi connectivity index (χ2v) is 12.4. The zero-order chi connectivity index (χ0) is 28.9. The Morgan fingerprint density at radius 3 is 2.38 bits per heavy atom. The number of phenolic OH excluding ortho intramolecular Hbond substituents is 1. The van der Waals surface area contributed by atoms with E-state index in [9.17, 15) is 30.0 Å². The van der Waals surface area contributed by atoms with Crippen molar-refractivity contribution in [2.24, 2.45) is 17.3 Å². The van der Waals surface area contributed by atoms with Gasteiger partial charge < -0.3 is 25.2 Å². The summed E-state index contributed by atoms with van der Waals surface area (Å²) in [4.78, 5) is 25.2. The van der Waals surface area contributed by atoms with Crippen LogP contribution in [0.15, 0.2) is 12.1 Å². The van der Waals surface area contributed by atoms with Crippen molar-refractivity contribution in [1.29, 1.82) is 0 Å². The summed E-state index contributed by atoms with van der Waals surface area (Å²) in [6.07, 6.45) is 7.72. The fourth-order valence-corrected chi connectivity index (χ4v) is 6.91. The van der Waals surface area contributed by atoms with Crippen LogP contribution in [-0.2, 0) is 16.0 Å². The molecular weight excluding hydrogens is 508 g/mol. The number of hydrogen-bond donors (Lipinski definition) is 4. The van der Waals surface area contributed by atoms with Crippen molar-refractivity contribution < 1.29 is 34.8 Å². The molecule has 1 aromatic rings. The summed E-state index contributed by atoms with van der Waals surface area (Å²) in [5, 5.41) is 42.4. The molecule has 1 aromatic carbocycles. The molecule has 0 heterocycles. The first-order valence-corrected chi connectivity index (χ1v) is 15.1. The highest BCUT2D eigenvalue weighted by Gasteiger charge is 2.47. The number of aliphatic hydroxyl groups excluding tert-OH is 3. The molecule has 40 heavy (non-hydrogen) atoms. The van der Waals surface area contributed by atoms with Crippen LogP contribution in [0.5, 0.6) is 11.5 Å². The normalized spacial score (nSPS) is 29.0. The van der Waals surface area contributed by atoms with Crippen molar-refractivity contribution in [3.8, 4) is 23.3 Å². The maximum Gasteiger partial charge on any atom is 0.160 e. The summed E-state index contributed by atoms with van der Waals surface area (Å²) >= 11 is 0. The van der Waals surface area contributed by atoms with E-state index in [0.717, 1.165) is 63.4 Å². The molecule has 3 aliphatic rings. The van der Waals surface area contributed by atoms with Crippen molar-refractivity contribution in [1.82, 2.24) is 0 Å². The maximum absolute atomic E-state index is 13.7. The van der Waals surface area contributed by atoms with E-state index in [1.165, 1.54) is 14.0 Å². The molecule has 6 atom stereocenters. The Bertz CT molecular complexity index is 1110. The molecule has 4 rings (SSSR count). The largest absolute Gasteiger partial charge is 0.504 e. The molecule has 0 aliphatic heterocycles. The van der Waals surface area contributed by atoms with Crippen LogP contribution in [0, 0.1) is 29.1 Å². The van der Waals surface area contributed by atoms with Crippen LogP contribution in [0.1, 0.15) is 107 Å². The highest BCUT2D eigenvalue weighted by atomic mass is 16.5. The number of phenols is 1. The number of fused-ring (bicyclic) bond motifs is 1. The van der Waals surface area contributed by atoms with Gasteiger partial charge >= 0.3 is 0 Å². The lowest BCUT2D eigenvalue weighted by Crippen LogP contribution is -2.46. The third-order valence-corrected chi connectivity index (χ3v) is 9.65. The number of benzene rings is 1. The Kier molecular flexibility index (Phi) is 10.3. The van der Waals surface area contributed by atoms with Gasteiger partial charge in [0.05, 0.1) is 25.4 Å². The predicted octanol–water partition coefficient (Wildman–Crippen LogP) is 4.60. The lowest BCUT2D eigenvalue weighted by molar-refractivity contribution is -0.134. The van der Waals surface area contributed by atoms with Gasteiger partial charge in [-0.15, -0.1) is 0 Å². The predicted molar refractivity (Wildman–Crippen MR) is 152 cm³/mol. The summed E-state index contributed by atoms with van der Waals surface area (Å²) in [6.45, 7) is 1.52. The van der Waals surface area contributed by atoms with Crippen LogP contribution < -0.4 is 4.74 Å². The summed E-state index contributed by atoms with van der Waals surface area (Å²) in [7, 11) is 1.47. The number of rotatable bonds is 9. The number of methoxy groups -OCH3 is 1. The van der Waals surface area contributed by atoms with Crippen molar-refractivity contribution in [2.75, 3.05) is 7.11 Å². The highest BCUT2D eigenvalue weighted by Crippen LogP contribution is 2.44. The smallest absolute Gasteiger partial charge is 0.160 e. The number of carbonyl (C=O) groups excluding carboxylic acids is 2. The van der Waals surface area contributed by atoms with Gasteiger partial charge in [-0.05, 0) is 87.0 Å². The molecule has 2 saturated carbocycles.